The SMILES string of the molecule is CCC1OC(c2ccoc2)CNC1C. The molecule has 1 N–H and O–H groups in total. The minimum Gasteiger partial charge on any atom is -0.472 e. The number of rotatable bonds is 2. The summed E-state index contributed by atoms with van der Waals surface area (Å²) in [5.74, 6) is 0. The number of hydrogen-bond donors (Lipinski definition) is 1. The Morgan fingerprint density at radius 2 is 2.43 bits per heavy atom. The largest absolute Gasteiger partial charge is 0.472 e. The minimum absolute atomic E-state index is 0.148. The van der Waals surface area contributed by atoms with E-state index in [-0.39, 0.29) is 6.10 Å². The second kappa shape index (κ2) is 4.15. The molecule has 1 fully saturated rings. The maximum absolute atomic E-state index is 5.97. The van der Waals surface area contributed by atoms with Gasteiger partial charge in [-0.3, -0.25) is 0 Å². The van der Waals surface area contributed by atoms with Crippen molar-refractivity contribution in [3.8, 4) is 0 Å². The maximum Gasteiger partial charge on any atom is 0.0984 e. The lowest BCUT2D eigenvalue weighted by molar-refractivity contribution is -0.0623. The molecule has 3 atom stereocenters. The van der Waals surface area contributed by atoms with Gasteiger partial charge in [-0.25, -0.2) is 0 Å². The average molecular weight is 195 g/mol. The normalized spacial score (nSPS) is 33.1. The lowest BCUT2D eigenvalue weighted by atomic mass is 10.1. The Balaban J connectivity index is 2.03. The van der Waals surface area contributed by atoms with Gasteiger partial charge in [0.15, 0.2) is 0 Å². The first-order valence-electron chi connectivity index (χ1n) is 5.22. The van der Waals surface area contributed by atoms with Gasteiger partial charge in [-0.15, -0.1) is 0 Å². The molecule has 0 aromatic carbocycles. The summed E-state index contributed by atoms with van der Waals surface area (Å²) in [4.78, 5) is 0. The van der Waals surface area contributed by atoms with E-state index in [0.717, 1.165) is 18.5 Å². The number of furan rings is 1. The molecule has 14 heavy (non-hydrogen) atoms. The first-order valence-corrected chi connectivity index (χ1v) is 5.22. The summed E-state index contributed by atoms with van der Waals surface area (Å²) < 4.78 is 11.0. The summed E-state index contributed by atoms with van der Waals surface area (Å²) in [6.07, 6.45) is 4.95. The first-order chi connectivity index (χ1) is 6.81. The molecule has 3 unspecified atom stereocenters. The fourth-order valence-electron chi connectivity index (χ4n) is 1.91. The predicted molar refractivity (Wildman–Crippen MR) is 54.1 cm³/mol. The van der Waals surface area contributed by atoms with Crippen molar-refractivity contribution in [1.29, 1.82) is 0 Å². The van der Waals surface area contributed by atoms with Crippen LogP contribution in [-0.4, -0.2) is 18.7 Å². The van der Waals surface area contributed by atoms with Crippen LogP contribution in [0.4, 0.5) is 0 Å². The molecule has 3 heteroatoms. The van der Waals surface area contributed by atoms with Gasteiger partial charge >= 0.3 is 0 Å². The van der Waals surface area contributed by atoms with E-state index in [2.05, 4.69) is 19.2 Å². The summed E-state index contributed by atoms with van der Waals surface area (Å²) in [7, 11) is 0. The second-order valence-corrected chi connectivity index (χ2v) is 3.83. The molecular formula is C11H17NO2. The number of hydrogen-bond acceptors (Lipinski definition) is 3. The highest BCUT2D eigenvalue weighted by Crippen LogP contribution is 2.24. The summed E-state index contributed by atoms with van der Waals surface area (Å²) in [5.41, 5.74) is 1.13. The monoisotopic (exact) mass is 195 g/mol. The Hall–Kier alpha value is -0.800. The summed E-state index contributed by atoms with van der Waals surface area (Å²) in [6, 6.07) is 2.41. The van der Waals surface area contributed by atoms with Gasteiger partial charge in [0.2, 0.25) is 0 Å². The molecule has 2 heterocycles. The van der Waals surface area contributed by atoms with Gasteiger partial charge in [0.1, 0.15) is 0 Å². The fraction of sp³-hybridized carbons (Fsp3) is 0.636. The highest BCUT2D eigenvalue weighted by Gasteiger charge is 2.27. The highest BCUT2D eigenvalue weighted by molar-refractivity contribution is 5.11. The van der Waals surface area contributed by atoms with Crippen molar-refractivity contribution >= 4 is 0 Å². The highest BCUT2D eigenvalue weighted by atomic mass is 16.5. The molecule has 0 spiro atoms. The molecule has 78 valence electrons. The Labute approximate surface area is 84.4 Å². The average Bonchev–Trinajstić information content (AvgIpc) is 2.71. The Morgan fingerprint density at radius 3 is 3.07 bits per heavy atom. The van der Waals surface area contributed by atoms with Gasteiger partial charge in [0.05, 0.1) is 24.7 Å². The van der Waals surface area contributed by atoms with Crippen molar-refractivity contribution < 1.29 is 9.15 Å². The Bertz CT molecular complexity index is 271. The van der Waals surface area contributed by atoms with E-state index < -0.39 is 0 Å². The van der Waals surface area contributed by atoms with Crippen molar-refractivity contribution in [2.45, 2.75) is 38.5 Å². The third-order valence-corrected chi connectivity index (χ3v) is 2.84. The zero-order chi connectivity index (χ0) is 9.97. The molecule has 2 rings (SSSR count). The van der Waals surface area contributed by atoms with E-state index >= 15 is 0 Å². The Kier molecular flexibility index (Phi) is 2.89. The molecule has 0 amide bonds. The standard InChI is InChI=1S/C11H17NO2/c1-3-10-8(2)12-6-11(14-10)9-4-5-13-7-9/h4-5,7-8,10-12H,3,6H2,1-2H3. The number of nitrogens with one attached hydrogen (secondary N) is 1. The molecule has 1 saturated heterocycles. The molecule has 1 aliphatic rings. The molecule has 0 bridgehead atoms. The van der Waals surface area contributed by atoms with Gasteiger partial charge in [0, 0.05) is 18.2 Å². The zero-order valence-corrected chi connectivity index (χ0v) is 8.69. The fourth-order valence-corrected chi connectivity index (χ4v) is 1.91. The quantitative estimate of drug-likeness (QED) is 0.784. The Morgan fingerprint density at radius 1 is 1.57 bits per heavy atom. The van der Waals surface area contributed by atoms with Crippen LogP contribution in [0.15, 0.2) is 23.0 Å². The van der Waals surface area contributed by atoms with Crippen LogP contribution in [0.1, 0.15) is 31.9 Å². The van der Waals surface area contributed by atoms with Crippen molar-refractivity contribution in [2.24, 2.45) is 0 Å². The van der Waals surface area contributed by atoms with Gasteiger partial charge in [-0.1, -0.05) is 6.92 Å². The zero-order valence-electron chi connectivity index (χ0n) is 8.69. The van der Waals surface area contributed by atoms with E-state index in [1.54, 1.807) is 12.5 Å². The van der Waals surface area contributed by atoms with Crippen LogP contribution in [0.25, 0.3) is 0 Å². The summed E-state index contributed by atoms with van der Waals surface area (Å²) in [5, 5.41) is 3.45. The van der Waals surface area contributed by atoms with Crippen LogP contribution >= 0.6 is 0 Å². The van der Waals surface area contributed by atoms with Crippen LogP contribution in [0.2, 0.25) is 0 Å². The third kappa shape index (κ3) is 1.83. The van der Waals surface area contributed by atoms with Crippen LogP contribution in [0.3, 0.4) is 0 Å². The van der Waals surface area contributed by atoms with Crippen molar-refractivity contribution in [3.05, 3.63) is 24.2 Å². The second-order valence-electron chi connectivity index (χ2n) is 3.83. The predicted octanol–water partition coefficient (Wildman–Crippen LogP) is 2.11. The molecule has 1 aromatic heterocycles. The first kappa shape index (κ1) is 9.74. The van der Waals surface area contributed by atoms with Crippen molar-refractivity contribution in [2.75, 3.05) is 6.54 Å². The third-order valence-electron chi connectivity index (χ3n) is 2.84. The van der Waals surface area contributed by atoms with Crippen molar-refractivity contribution in [3.63, 3.8) is 0 Å². The lowest BCUT2D eigenvalue weighted by Crippen LogP contribution is -2.47. The van der Waals surface area contributed by atoms with E-state index in [1.165, 1.54) is 0 Å². The van der Waals surface area contributed by atoms with Gasteiger partial charge in [0.25, 0.3) is 0 Å². The molecule has 0 aliphatic carbocycles. The molecule has 3 nitrogen and oxygen atoms in total. The topological polar surface area (TPSA) is 34.4 Å². The van der Waals surface area contributed by atoms with E-state index in [4.69, 9.17) is 9.15 Å². The number of ether oxygens (including phenoxy) is 1. The molecule has 1 aliphatic heterocycles. The summed E-state index contributed by atoms with van der Waals surface area (Å²) >= 11 is 0. The van der Waals surface area contributed by atoms with E-state index in [1.807, 2.05) is 6.07 Å². The molecule has 0 radical (unpaired) electrons. The van der Waals surface area contributed by atoms with Gasteiger partial charge in [-0.2, -0.15) is 0 Å². The van der Waals surface area contributed by atoms with Gasteiger partial charge < -0.3 is 14.5 Å². The maximum atomic E-state index is 5.97. The molecule has 0 saturated carbocycles. The van der Waals surface area contributed by atoms with Crippen LogP contribution in [0, 0.1) is 0 Å². The molecular weight excluding hydrogens is 178 g/mol. The van der Waals surface area contributed by atoms with Crippen molar-refractivity contribution in [1.82, 2.24) is 5.32 Å². The smallest absolute Gasteiger partial charge is 0.0984 e. The lowest BCUT2D eigenvalue weighted by Gasteiger charge is -2.35. The molecule has 1 aromatic rings. The van der Waals surface area contributed by atoms with Crippen LogP contribution in [-0.2, 0) is 4.74 Å². The van der Waals surface area contributed by atoms with E-state index in [0.29, 0.717) is 12.1 Å². The van der Waals surface area contributed by atoms with Crippen LogP contribution in [0.5, 0.6) is 0 Å². The van der Waals surface area contributed by atoms with E-state index in [9.17, 15) is 0 Å². The minimum atomic E-state index is 0.148. The number of morpholine rings is 1. The van der Waals surface area contributed by atoms with Crippen LogP contribution < -0.4 is 5.32 Å². The summed E-state index contributed by atoms with van der Waals surface area (Å²) in [6.45, 7) is 5.19. The van der Waals surface area contributed by atoms with Gasteiger partial charge in [-0.05, 0) is 19.4 Å².